The SMILES string of the molecule is C[N+]1(CCC[n+]2ccccc2)CCOCC1. The van der Waals surface area contributed by atoms with E-state index in [1.807, 2.05) is 0 Å². The maximum absolute atomic E-state index is 5.41. The Labute approximate surface area is 97.9 Å². The quantitative estimate of drug-likeness (QED) is 0.543. The fraction of sp³-hybridized carbons (Fsp3) is 0.615. The highest BCUT2D eigenvalue weighted by molar-refractivity contribution is 4.83. The van der Waals surface area contributed by atoms with Crippen LogP contribution in [0, 0.1) is 0 Å². The van der Waals surface area contributed by atoms with Crippen molar-refractivity contribution in [3.63, 3.8) is 0 Å². The minimum absolute atomic E-state index is 0.926. The maximum Gasteiger partial charge on any atom is 0.168 e. The molecule has 0 N–H and O–H groups in total. The van der Waals surface area contributed by atoms with Gasteiger partial charge in [0.2, 0.25) is 0 Å². The Morgan fingerprint density at radius 3 is 2.50 bits per heavy atom. The Kier molecular flexibility index (Phi) is 3.91. The molecule has 0 bridgehead atoms. The third kappa shape index (κ3) is 3.29. The fourth-order valence-corrected chi connectivity index (χ4v) is 2.23. The minimum atomic E-state index is 0.926. The van der Waals surface area contributed by atoms with Gasteiger partial charge in [0, 0.05) is 12.1 Å². The van der Waals surface area contributed by atoms with Crippen molar-refractivity contribution in [2.24, 2.45) is 0 Å². The summed E-state index contributed by atoms with van der Waals surface area (Å²) in [6.45, 7) is 6.56. The fourth-order valence-electron chi connectivity index (χ4n) is 2.23. The first-order valence-electron chi connectivity index (χ1n) is 6.14. The number of aromatic nitrogens is 1. The molecule has 1 fully saturated rings. The van der Waals surface area contributed by atoms with Crippen LogP contribution in [-0.4, -0.2) is 44.4 Å². The number of aryl methyl sites for hydroxylation is 1. The number of quaternary nitrogens is 1. The van der Waals surface area contributed by atoms with Gasteiger partial charge in [0.1, 0.15) is 13.1 Å². The summed E-state index contributed by atoms with van der Waals surface area (Å²) in [4.78, 5) is 0. The van der Waals surface area contributed by atoms with Gasteiger partial charge in [0.05, 0.1) is 33.2 Å². The Hall–Kier alpha value is -0.930. The molecule has 3 nitrogen and oxygen atoms in total. The molecule has 0 aromatic carbocycles. The van der Waals surface area contributed by atoms with Gasteiger partial charge in [-0.05, 0) is 0 Å². The lowest BCUT2D eigenvalue weighted by molar-refractivity contribution is -0.919. The molecule has 1 aromatic rings. The zero-order valence-electron chi connectivity index (χ0n) is 10.1. The predicted octanol–water partition coefficient (Wildman–Crippen LogP) is 0.841. The van der Waals surface area contributed by atoms with Crippen molar-refractivity contribution in [2.75, 3.05) is 39.9 Å². The molecule has 0 atom stereocenters. The van der Waals surface area contributed by atoms with Gasteiger partial charge >= 0.3 is 0 Å². The first kappa shape index (κ1) is 11.6. The van der Waals surface area contributed by atoms with Gasteiger partial charge in [0.25, 0.3) is 0 Å². The van der Waals surface area contributed by atoms with Crippen molar-refractivity contribution in [3.05, 3.63) is 30.6 Å². The summed E-state index contributed by atoms with van der Waals surface area (Å²) >= 11 is 0. The van der Waals surface area contributed by atoms with E-state index in [1.165, 1.54) is 30.5 Å². The van der Waals surface area contributed by atoms with Gasteiger partial charge in [0.15, 0.2) is 18.9 Å². The topological polar surface area (TPSA) is 13.1 Å². The van der Waals surface area contributed by atoms with E-state index in [1.54, 1.807) is 0 Å². The van der Waals surface area contributed by atoms with Crippen molar-refractivity contribution in [3.8, 4) is 0 Å². The first-order chi connectivity index (χ1) is 7.79. The van der Waals surface area contributed by atoms with Crippen LogP contribution in [0.4, 0.5) is 0 Å². The van der Waals surface area contributed by atoms with Crippen LogP contribution in [0.25, 0.3) is 0 Å². The maximum atomic E-state index is 5.41. The third-order valence-corrected chi connectivity index (χ3v) is 3.44. The van der Waals surface area contributed by atoms with E-state index < -0.39 is 0 Å². The van der Waals surface area contributed by atoms with Crippen molar-refractivity contribution >= 4 is 0 Å². The summed E-state index contributed by atoms with van der Waals surface area (Å²) in [5.74, 6) is 0. The van der Waals surface area contributed by atoms with Gasteiger partial charge < -0.3 is 9.22 Å². The van der Waals surface area contributed by atoms with Crippen molar-refractivity contribution in [1.82, 2.24) is 0 Å². The Morgan fingerprint density at radius 1 is 1.12 bits per heavy atom. The highest BCUT2D eigenvalue weighted by atomic mass is 16.5. The van der Waals surface area contributed by atoms with Crippen LogP contribution >= 0.6 is 0 Å². The second-order valence-corrected chi connectivity index (χ2v) is 4.87. The van der Waals surface area contributed by atoms with Crippen LogP contribution in [0.2, 0.25) is 0 Å². The lowest BCUT2D eigenvalue weighted by atomic mass is 10.3. The van der Waals surface area contributed by atoms with Gasteiger partial charge in [-0.25, -0.2) is 4.57 Å². The number of pyridine rings is 1. The Morgan fingerprint density at radius 2 is 1.81 bits per heavy atom. The minimum Gasteiger partial charge on any atom is -0.370 e. The van der Waals surface area contributed by atoms with Crippen LogP contribution in [0.3, 0.4) is 0 Å². The highest BCUT2D eigenvalue weighted by Gasteiger charge is 2.24. The van der Waals surface area contributed by atoms with E-state index in [9.17, 15) is 0 Å². The lowest BCUT2D eigenvalue weighted by Crippen LogP contribution is -2.53. The molecule has 2 heterocycles. The van der Waals surface area contributed by atoms with Crippen molar-refractivity contribution < 1.29 is 13.8 Å². The number of likely N-dealkylation sites (N-methyl/N-ethyl adjacent to an activating group) is 1. The Bertz CT molecular complexity index is 307. The molecule has 1 aliphatic rings. The number of ether oxygens (including phenoxy) is 1. The van der Waals surface area contributed by atoms with Crippen LogP contribution < -0.4 is 4.57 Å². The van der Waals surface area contributed by atoms with Gasteiger partial charge in [-0.1, -0.05) is 6.07 Å². The van der Waals surface area contributed by atoms with Gasteiger partial charge in [-0.3, -0.25) is 0 Å². The standard InChI is InChI=1S/C13H22N2O/c1-15(10-12-16-13-11-15)9-5-8-14-6-3-2-4-7-14/h2-4,6-7H,5,8-13H2,1H3/q+2. The molecule has 2 rings (SSSR count). The van der Waals surface area contributed by atoms with Crippen LogP contribution in [0.15, 0.2) is 30.6 Å². The van der Waals surface area contributed by atoms with E-state index >= 15 is 0 Å². The summed E-state index contributed by atoms with van der Waals surface area (Å²) in [6, 6.07) is 6.24. The number of nitrogens with zero attached hydrogens (tertiary/aromatic N) is 2. The summed E-state index contributed by atoms with van der Waals surface area (Å²) in [7, 11) is 2.35. The molecule has 0 aliphatic carbocycles. The van der Waals surface area contributed by atoms with E-state index in [0.717, 1.165) is 19.8 Å². The molecule has 1 saturated heterocycles. The van der Waals surface area contributed by atoms with E-state index in [2.05, 4.69) is 42.2 Å². The summed E-state index contributed by atoms with van der Waals surface area (Å²) < 4.78 is 8.84. The number of hydrogen-bond acceptors (Lipinski definition) is 1. The summed E-state index contributed by atoms with van der Waals surface area (Å²) in [5, 5.41) is 0. The molecule has 1 aliphatic heterocycles. The molecule has 0 amide bonds. The molecule has 16 heavy (non-hydrogen) atoms. The molecule has 0 unspecified atom stereocenters. The molecule has 0 radical (unpaired) electrons. The predicted molar refractivity (Wildman–Crippen MR) is 62.9 cm³/mol. The smallest absolute Gasteiger partial charge is 0.168 e. The van der Waals surface area contributed by atoms with E-state index in [4.69, 9.17) is 4.74 Å². The second-order valence-electron chi connectivity index (χ2n) is 4.87. The monoisotopic (exact) mass is 222 g/mol. The number of rotatable bonds is 4. The van der Waals surface area contributed by atoms with E-state index in [0.29, 0.717) is 0 Å². The zero-order chi connectivity index (χ0) is 11.3. The van der Waals surface area contributed by atoms with Crippen LogP contribution in [0.1, 0.15) is 6.42 Å². The zero-order valence-corrected chi connectivity index (χ0v) is 10.1. The summed E-state index contributed by atoms with van der Waals surface area (Å²) in [6.07, 6.45) is 5.52. The molecule has 88 valence electrons. The number of hydrogen-bond donors (Lipinski definition) is 0. The third-order valence-electron chi connectivity index (χ3n) is 3.44. The normalized spacial score (nSPS) is 19.6. The molecular formula is C13H22N2O+2. The molecule has 0 spiro atoms. The van der Waals surface area contributed by atoms with E-state index in [-0.39, 0.29) is 0 Å². The number of morpholine rings is 1. The largest absolute Gasteiger partial charge is 0.370 e. The average molecular weight is 222 g/mol. The molecular weight excluding hydrogens is 200 g/mol. The first-order valence-corrected chi connectivity index (χ1v) is 6.14. The molecule has 3 heteroatoms. The molecule has 0 saturated carbocycles. The van der Waals surface area contributed by atoms with Crippen LogP contribution in [-0.2, 0) is 11.3 Å². The van der Waals surface area contributed by atoms with Crippen molar-refractivity contribution in [2.45, 2.75) is 13.0 Å². The second kappa shape index (κ2) is 5.41. The van der Waals surface area contributed by atoms with Crippen LogP contribution in [0.5, 0.6) is 0 Å². The van der Waals surface area contributed by atoms with Gasteiger partial charge in [-0.2, -0.15) is 0 Å². The molecule has 1 aromatic heterocycles. The van der Waals surface area contributed by atoms with Crippen molar-refractivity contribution in [1.29, 1.82) is 0 Å². The van der Waals surface area contributed by atoms with Gasteiger partial charge in [-0.15, -0.1) is 0 Å². The Balaban J connectivity index is 1.75. The average Bonchev–Trinajstić information content (AvgIpc) is 2.31. The highest BCUT2D eigenvalue weighted by Crippen LogP contribution is 2.08. The summed E-state index contributed by atoms with van der Waals surface area (Å²) in [5.41, 5.74) is 0. The lowest BCUT2D eigenvalue weighted by Gasteiger charge is -2.37.